The molecule has 3 rings (SSSR count). The zero-order valence-electron chi connectivity index (χ0n) is 17.4. The van der Waals surface area contributed by atoms with Gasteiger partial charge < -0.3 is 14.0 Å². The minimum absolute atomic E-state index is 0.157. The lowest BCUT2D eigenvalue weighted by Crippen LogP contribution is -2.60. The highest BCUT2D eigenvalue weighted by Gasteiger charge is 2.39. The van der Waals surface area contributed by atoms with E-state index in [-0.39, 0.29) is 6.09 Å². The second-order valence-corrected chi connectivity index (χ2v) is 8.51. The van der Waals surface area contributed by atoms with E-state index < -0.39 is 5.60 Å². The molecule has 1 fully saturated rings. The second kappa shape index (κ2) is 7.93. The molecule has 28 heavy (non-hydrogen) atoms. The molecule has 0 unspecified atom stereocenters. The Labute approximate surface area is 166 Å². The predicted molar refractivity (Wildman–Crippen MR) is 106 cm³/mol. The number of benzene rings is 1. The molecule has 152 valence electrons. The molecule has 1 aliphatic rings. The van der Waals surface area contributed by atoms with Crippen LogP contribution in [0.4, 0.5) is 4.79 Å². The van der Waals surface area contributed by atoms with Gasteiger partial charge in [-0.05, 0) is 45.0 Å². The highest BCUT2D eigenvalue weighted by Crippen LogP contribution is 2.24. The van der Waals surface area contributed by atoms with Gasteiger partial charge >= 0.3 is 6.09 Å². The maximum absolute atomic E-state index is 12.5. The Kier molecular flexibility index (Phi) is 5.76. The number of aromatic nitrogens is 1. The second-order valence-electron chi connectivity index (χ2n) is 8.51. The number of rotatable bonds is 4. The number of ether oxygens (including phenoxy) is 2. The van der Waals surface area contributed by atoms with Crippen molar-refractivity contribution in [2.45, 2.75) is 32.9 Å². The van der Waals surface area contributed by atoms with Crippen molar-refractivity contribution in [3.05, 3.63) is 36.0 Å². The van der Waals surface area contributed by atoms with Crippen LogP contribution in [0.15, 0.2) is 34.9 Å². The zero-order chi connectivity index (χ0) is 20.4. The summed E-state index contributed by atoms with van der Waals surface area (Å²) in [6.07, 6.45) is -0.157. The van der Waals surface area contributed by atoms with Crippen LogP contribution in [0.3, 0.4) is 0 Å². The Balaban J connectivity index is 1.56. The van der Waals surface area contributed by atoms with Crippen molar-refractivity contribution in [2.75, 3.05) is 40.3 Å². The fourth-order valence-electron chi connectivity index (χ4n) is 3.17. The number of hydrogen-bond donors (Lipinski definition) is 0. The molecule has 2 aromatic rings. The molecule has 0 atom stereocenters. The van der Waals surface area contributed by atoms with Crippen molar-refractivity contribution in [3.8, 4) is 17.1 Å². The third-order valence-corrected chi connectivity index (χ3v) is 4.97. The summed E-state index contributed by atoms with van der Waals surface area (Å²) in [5.41, 5.74) is 1.39. The maximum atomic E-state index is 12.5. The number of nitrogens with zero attached hydrogens (tertiary/aromatic N) is 3. The van der Waals surface area contributed by atoms with Gasteiger partial charge in [0.15, 0.2) is 5.76 Å². The van der Waals surface area contributed by atoms with Gasteiger partial charge in [-0.25, -0.2) is 4.48 Å². The topological polar surface area (TPSA) is 64.8 Å². The van der Waals surface area contributed by atoms with Crippen LogP contribution >= 0.6 is 0 Å². The van der Waals surface area contributed by atoms with Crippen LogP contribution in [0.5, 0.6) is 5.75 Å². The van der Waals surface area contributed by atoms with E-state index in [2.05, 4.69) is 10.1 Å². The monoisotopic (exact) mass is 388 g/mol. The summed E-state index contributed by atoms with van der Waals surface area (Å²) in [5, 5.41) is 4.20. The molecule has 1 saturated heterocycles. The van der Waals surface area contributed by atoms with Gasteiger partial charge in [0, 0.05) is 31.3 Å². The van der Waals surface area contributed by atoms with E-state index >= 15 is 0 Å². The number of quaternary nitrogens is 1. The summed E-state index contributed by atoms with van der Waals surface area (Å²) >= 11 is 0. The molecule has 1 amide bonds. The molecule has 2 heterocycles. The van der Waals surface area contributed by atoms with E-state index in [9.17, 15) is 4.79 Å². The lowest BCUT2D eigenvalue weighted by Gasteiger charge is -2.39. The van der Waals surface area contributed by atoms with Crippen molar-refractivity contribution in [3.63, 3.8) is 0 Å². The predicted octanol–water partition coefficient (Wildman–Crippen LogP) is 3.55. The molecule has 1 aliphatic heterocycles. The normalized spacial score (nSPS) is 17.3. The van der Waals surface area contributed by atoms with Gasteiger partial charge in [-0.2, -0.15) is 4.79 Å². The first-order valence-electron chi connectivity index (χ1n) is 9.59. The first-order valence-corrected chi connectivity index (χ1v) is 9.59. The Morgan fingerprint density at radius 1 is 1.21 bits per heavy atom. The van der Waals surface area contributed by atoms with Crippen LogP contribution in [0, 0.1) is 0 Å². The third-order valence-electron chi connectivity index (χ3n) is 4.97. The summed E-state index contributed by atoms with van der Waals surface area (Å²) in [7, 11) is 3.59. The highest BCUT2D eigenvalue weighted by molar-refractivity contribution is 5.60. The summed E-state index contributed by atoms with van der Waals surface area (Å²) < 4.78 is 16.6. The largest absolute Gasteiger partial charge is 0.516 e. The number of carbonyl (C=O) groups is 1. The van der Waals surface area contributed by atoms with Crippen LogP contribution in [0.1, 0.15) is 26.5 Å². The van der Waals surface area contributed by atoms with Crippen molar-refractivity contribution in [1.82, 2.24) is 10.1 Å². The molecule has 1 aromatic carbocycles. The smallest absolute Gasteiger partial charge is 0.497 e. The van der Waals surface area contributed by atoms with Gasteiger partial charge in [-0.1, -0.05) is 5.16 Å². The Morgan fingerprint density at radius 3 is 2.43 bits per heavy atom. The van der Waals surface area contributed by atoms with Gasteiger partial charge in [0.2, 0.25) is 0 Å². The molecule has 0 saturated carbocycles. The average Bonchev–Trinajstić information content (AvgIpc) is 3.11. The van der Waals surface area contributed by atoms with Crippen molar-refractivity contribution in [2.24, 2.45) is 0 Å². The minimum Gasteiger partial charge on any atom is -0.497 e. The fourth-order valence-corrected chi connectivity index (χ4v) is 3.17. The van der Waals surface area contributed by atoms with Crippen LogP contribution in [-0.2, 0) is 11.3 Å². The number of amides is 1. The third kappa shape index (κ3) is 4.91. The van der Waals surface area contributed by atoms with Crippen molar-refractivity contribution >= 4 is 6.09 Å². The number of methoxy groups -OCH3 is 1. The van der Waals surface area contributed by atoms with Gasteiger partial charge in [-0.3, -0.25) is 4.90 Å². The van der Waals surface area contributed by atoms with E-state index in [1.165, 1.54) is 0 Å². The Hall–Kier alpha value is -2.38. The molecular weight excluding hydrogens is 358 g/mol. The van der Waals surface area contributed by atoms with Gasteiger partial charge in [-0.15, -0.1) is 0 Å². The summed E-state index contributed by atoms with van der Waals surface area (Å²) in [4.78, 5) is 14.8. The molecule has 7 heteroatoms. The maximum Gasteiger partial charge on any atom is 0.516 e. The van der Waals surface area contributed by atoms with E-state index in [1.807, 2.05) is 58.2 Å². The first kappa shape index (κ1) is 20.4. The molecule has 0 spiro atoms. The molecule has 0 N–H and O–H groups in total. The summed E-state index contributed by atoms with van der Waals surface area (Å²) in [5.74, 6) is 1.55. The zero-order valence-corrected chi connectivity index (χ0v) is 17.4. The minimum atomic E-state index is -0.464. The average molecular weight is 388 g/mol. The van der Waals surface area contributed by atoms with Gasteiger partial charge in [0.05, 0.1) is 19.9 Å². The summed E-state index contributed by atoms with van der Waals surface area (Å²) in [6, 6.07) is 9.68. The lowest BCUT2D eigenvalue weighted by atomic mass is 10.1. The van der Waals surface area contributed by atoms with Crippen LogP contribution in [-0.4, -0.2) is 66.6 Å². The molecule has 0 radical (unpaired) electrons. The van der Waals surface area contributed by atoms with Crippen molar-refractivity contribution < 1.29 is 23.3 Å². The van der Waals surface area contributed by atoms with Crippen LogP contribution in [0.2, 0.25) is 0 Å². The number of likely N-dealkylation sites (N-methyl/N-ethyl adjacent to an activating group) is 1. The van der Waals surface area contributed by atoms with Crippen molar-refractivity contribution in [1.29, 1.82) is 0 Å². The SMILES string of the molecule is COc1ccc(-c2cc(CN3CC[N+](C)(C(=O)OC(C)(C)C)CC3)no2)cc1. The highest BCUT2D eigenvalue weighted by atomic mass is 16.6. The fraction of sp³-hybridized carbons (Fsp3) is 0.524. The lowest BCUT2D eigenvalue weighted by molar-refractivity contribution is -0.843. The van der Waals surface area contributed by atoms with Gasteiger partial charge in [0.1, 0.15) is 24.4 Å². The Morgan fingerprint density at radius 2 is 1.86 bits per heavy atom. The Bertz CT molecular complexity index is 800. The first-order chi connectivity index (χ1) is 13.2. The molecule has 1 aromatic heterocycles. The van der Waals surface area contributed by atoms with E-state index in [0.29, 0.717) is 11.0 Å². The number of carbonyl (C=O) groups excluding carboxylic acids is 1. The molecule has 0 bridgehead atoms. The summed E-state index contributed by atoms with van der Waals surface area (Å²) in [6.45, 7) is 9.46. The van der Waals surface area contributed by atoms with Gasteiger partial charge in [0.25, 0.3) is 0 Å². The number of hydrogen-bond acceptors (Lipinski definition) is 6. The quantitative estimate of drug-likeness (QED) is 0.747. The molecule has 0 aliphatic carbocycles. The van der Waals surface area contributed by atoms with Crippen LogP contribution < -0.4 is 4.74 Å². The van der Waals surface area contributed by atoms with E-state index in [1.54, 1.807) is 7.11 Å². The van der Waals surface area contributed by atoms with Crippen LogP contribution in [0.25, 0.3) is 11.3 Å². The number of piperazine rings is 1. The van der Waals surface area contributed by atoms with E-state index in [4.69, 9.17) is 14.0 Å². The van der Waals surface area contributed by atoms with E-state index in [0.717, 1.165) is 48.9 Å². The molecular formula is C21H30N3O4+. The molecule has 7 nitrogen and oxygen atoms in total. The standard InChI is InChI=1S/C21H30N3O4/c1-21(2,3)27-20(25)24(4)12-10-23(11-13-24)15-17-14-19(28-22-17)16-6-8-18(26-5)9-7-16/h6-9,14H,10-13,15H2,1-5H3/q+1.